The maximum absolute atomic E-state index is 14.5. The Hall–Kier alpha value is -1.87. The van der Waals surface area contributed by atoms with E-state index in [1.807, 2.05) is 0 Å². The van der Waals surface area contributed by atoms with Gasteiger partial charge in [0.15, 0.2) is 11.6 Å². The number of aliphatic hydroxyl groups is 2. The number of phosphoric acid groups is 3. The molecule has 18 nitrogen and oxygen atoms in total. The predicted molar refractivity (Wildman–Crippen MR) is 101 cm³/mol. The van der Waals surface area contributed by atoms with Crippen LogP contribution in [0.1, 0.15) is 8.44 Å². The summed E-state index contributed by atoms with van der Waals surface area (Å²) in [6.45, 7) is -3.75. The molecule has 0 spiro atoms. The molecule has 1 aliphatic heterocycles. The van der Waals surface area contributed by atoms with Gasteiger partial charge in [0.1, 0.15) is 36.2 Å². The summed E-state index contributed by atoms with van der Waals surface area (Å²) < 4.78 is 81.2. The molecule has 0 saturated carbocycles. The van der Waals surface area contributed by atoms with Gasteiger partial charge in [-0.3, -0.25) is 4.52 Å². The van der Waals surface area contributed by atoms with Crippen molar-refractivity contribution in [2.24, 2.45) is 0 Å². The van der Waals surface area contributed by atoms with Crippen molar-refractivity contribution in [2.45, 2.75) is 23.9 Å². The lowest BCUT2D eigenvalue weighted by Crippen LogP contribution is -2.41. The van der Waals surface area contributed by atoms with Crippen molar-refractivity contribution in [2.75, 3.05) is 12.3 Å². The Bertz CT molecular complexity index is 1380. The van der Waals surface area contributed by atoms with E-state index in [-0.39, 0.29) is 0 Å². The molecular weight excluding hydrogens is 534 g/mol. The van der Waals surface area contributed by atoms with E-state index in [9.17, 15) is 43.3 Å². The van der Waals surface area contributed by atoms with E-state index >= 15 is 0 Å². The topological polar surface area (TPSA) is 290 Å². The van der Waals surface area contributed by atoms with Gasteiger partial charge >= 0.3 is 23.5 Å². The molecule has 3 rings (SSSR count). The molecule has 34 heavy (non-hydrogen) atoms. The molecule has 0 bridgehead atoms. The highest BCUT2D eigenvalue weighted by Crippen LogP contribution is 2.66. The third-order valence-electron chi connectivity index (χ3n) is 4.15. The van der Waals surface area contributed by atoms with Crippen LogP contribution in [-0.2, 0) is 37.2 Å². The minimum absolute atomic E-state index is 0.408. The van der Waals surface area contributed by atoms with E-state index in [4.69, 9.17) is 23.0 Å². The van der Waals surface area contributed by atoms with Gasteiger partial charge in [0.25, 0.3) is 0 Å². The minimum Gasteiger partial charge on any atom is -0.387 e. The van der Waals surface area contributed by atoms with Crippen LogP contribution in [-0.4, -0.2) is 69.3 Å². The maximum Gasteiger partial charge on any atom is 0.490 e. The lowest BCUT2D eigenvalue weighted by molar-refractivity contribution is -0.0635. The zero-order valence-electron chi connectivity index (χ0n) is 18.0. The summed E-state index contributed by atoms with van der Waals surface area (Å²) in [6, 6.07) is 2.04. The standard InChI is InChI=1S/C12H15FN5O13P3/c13-5-1-7(18-8(5)11(15)16-4-17-18)12(3-14)10(20)9(19)6(29-12)2-28-33(24,25)31-34(26,27)30-32(21,22)23/h1,4,6,9-10,19-20H,2H2,(H,24,25)(H,26,27)(H2,15,16,17)(H2,21,22,23)/t6-,9-,10-,12+/m1/s1/i2D2. The molecule has 0 aromatic carbocycles. The van der Waals surface area contributed by atoms with Crippen LogP contribution in [0, 0.1) is 17.1 Å². The summed E-state index contributed by atoms with van der Waals surface area (Å²) in [5, 5.41) is 34.4. The van der Waals surface area contributed by atoms with E-state index < -0.39 is 76.8 Å². The largest absolute Gasteiger partial charge is 0.490 e. The first kappa shape index (κ1) is 23.9. The van der Waals surface area contributed by atoms with E-state index in [1.165, 1.54) is 6.07 Å². The monoisotopic (exact) mass is 551 g/mol. The Kier molecular flexibility index (Phi) is 6.29. The van der Waals surface area contributed by atoms with Crippen molar-refractivity contribution in [1.29, 1.82) is 5.26 Å². The van der Waals surface area contributed by atoms with Crippen molar-refractivity contribution >= 4 is 34.8 Å². The highest BCUT2D eigenvalue weighted by Gasteiger charge is 2.58. The zero-order valence-corrected chi connectivity index (χ0v) is 18.7. The first-order chi connectivity index (χ1) is 16.3. The van der Waals surface area contributed by atoms with Gasteiger partial charge < -0.3 is 40.3 Å². The fourth-order valence-corrected chi connectivity index (χ4v) is 5.78. The first-order valence-corrected chi connectivity index (χ1v) is 12.9. The summed E-state index contributed by atoms with van der Waals surface area (Å²) in [4.78, 5) is 39.5. The van der Waals surface area contributed by atoms with Crippen LogP contribution in [0.4, 0.5) is 10.2 Å². The molecule has 3 heterocycles. The van der Waals surface area contributed by atoms with Gasteiger partial charge in [-0.2, -0.15) is 19.0 Å². The molecule has 1 saturated heterocycles. The second-order valence-electron chi connectivity index (χ2n) is 6.40. The lowest BCUT2D eigenvalue weighted by atomic mass is 9.92. The molecule has 2 unspecified atom stereocenters. The fourth-order valence-electron chi connectivity index (χ4n) is 2.90. The molecule has 0 radical (unpaired) electrons. The Labute approximate surface area is 190 Å². The van der Waals surface area contributed by atoms with E-state index in [0.717, 1.165) is 6.33 Å². The molecule has 188 valence electrons. The molecule has 22 heteroatoms. The predicted octanol–water partition coefficient (Wildman–Crippen LogP) is -1.37. The Morgan fingerprint density at radius 1 is 1.29 bits per heavy atom. The van der Waals surface area contributed by atoms with E-state index in [2.05, 4.69) is 23.2 Å². The Balaban J connectivity index is 1.96. The van der Waals surface area contributed by atoms with Crippen LogP contribution in [0.15, 0.2) is 12.4 Å². The summed E-state index contributed by atoms with van der Waals surface area (Å²) in [6.07, 6.45) is -6.55. The van der Waals surface area contributed by atoms with Gasteiger partial charge in [0.05, 0.1) is 15.0 Å². The number of hydrogen-bond acceptors (Lipinski definition) is 13. The highest BCUT2D eigenvalue weighted by molar-refractivity contribution is 7.66. The smallest absolute Gasteiger partial charge is 0.387 e. The quantitative estimate of drug-likeness (QED) is 0.186. The number of fused-ring (bicyclic) bond motifs is 1. The molecule has 8 N–H and O–H groups in total. The normalized spacial score (nSPS) is 30.2. The summed E-state index contributed by atoms with van der Waals surface area (Å²) in [5.41, 5.74) is 1.67. The van der Waals surface area contributed by atoms with Crippen LogP contribution >= 0.6 is 23.5 Å². The number of nitrogens with zero attached hydrogens (tertiary/aromatic N) is 4. The summed E-state index contributed by atoms with van der Waals surface area (Å²) in [7, 11) is -17.9. The van der Waals surface area contributed by atoms with Crippen molar-refractivity contribution in [1.82, 2.24) is 14.6 Å². The van der Waals surface area contributed by atoms with Gasteiger partial charge in [-0.05, 0) is 0 Å². The van der Waals surface area contributed by atoms with Gasteiger partial charge in [0.2, 0.25) is 5.60 Å². The highest BCUT2D eigenvalue weighted by atomic mass is 31.3. The number of nitriles is 1. The molecule has 0 amide bonds. The van der Waals surface area contributed by atoms with Crippen molar-refractivity contribution in [3.05, 3.63) is 23.9 Å². The molecular formula is C12H15FN5O13P3. The van der Waals surface area contributed by atoms with Crippen molar-refractivity contribution in [3.8, 4) is 6.07 Å². The number of nitrogens with two attached hydrogens (primary N) is 1. The summed E-state index contributed by atoms with van der Waals surface area (Å²) in [5.74, 6) is -1.52. The molecule has 6 atom stereocenters. The number of hydrogen-bond donors (Lipinski definition) is 7. The number of aliphatic hydroxyl groups excluding tert-OH is 2. The average molecular weight is 551 g/mol. The zero-order chi connectivity index (χ0) is 27.5. The number of phosphoric ester groups is 1. The average Bonchev–Trinajstić information content (AvgIpc) is 3.15. The molecule has 1 aliphatic rings. The van der Waals surface area contributed by atoms with Gasteiger partial charge in [-0.1, -0.05) is 0 Å². The lowest BCUT2D eigenvalue weighted by Gasteiger charge is -2.24. The van der Waals surface area contributed by atoms with Crippen molar-refractivity contribution in [3.63, 3.8) is 0 Å². The third kappa shape index (κ3) is 5.20. The number of rotatable bonds is 8. The fraction of sp³-hybridized carbons (Fsp3) is 0.417. The molecule has 0 aliphatic carbocycles. The minimum atomic E-state index is -6.10. The number of halogens is 1. The SMILES string of the molecule is [2H]C([2H])(OP(=O)(O)OP(=O)(O)OP(=O)(O)O)[C@H]1O[C@@](C#N)(c2cc(F)c3c(N)ncnn23)[C@H](O)[C@@H]1O. The maximum atomic E-state index is 14.5. The molecule has 1 fully saturated rings. The van der Waals surface area contributed by atoms with E-state index in [1.54, 1.807) is 0 Å². The van der Waals surface area contributed by atoms with E-state index in [0.29, 0.717) is 10.6 Å². The van der Waals surface area contributed by atoms with Crippen LogP contribution < -0.4 is 5.73 Å². The van der Waals surface area contributed by atoms with Gasteiger partial charge in [-0.25, -0.2) is 27.6 Å². The van der Waals surface area contributed by atoms with Crippen LogP contribution in [0.3, 0.4) is 0 Å². The number of aromatic nitrogens is 3. The first-order valence-electron chi connectivity index (χ1n) is 9.33. The molecule has 2 aromatic rings. The van der Waals surface area contributed by atoms with Crippen LogP contribution in [0.25, 0.3) is 5.52 Å². The number of ether oxygens (including phenoxy) is 1. The van der Waals surface area contributed by atoms with Crippen molar-refractivity contribution < 1.29 is 68.5 Å². The Morgan fingerprint density at radius 3 is 2.53 bits per heavy atom. The number of anilines is 1. The van der Waals surface area contributed by atoms with Crippen LogP contribution in [0.5, 0.6) is 0 Å². The Morgan fingerprint density at radius 2 is 1.94 bits per heavy atom. The second kappa shape index (κ2) is 8.97. The van der Waals surface area contributed by atoms with Crippen LogP contribution in [0.2, 0.25) is 0 Å². The molecule has 2 aromatic heterocycles. The van der Waals surface area contributed by atoms with Gasteiger partial charge in [-0.15, -0.1) is 0 Å². The van der Waals surface area contributed by atoms with Gasteiger partial charge in [0, 0.05) is 6.07 Å². The third-order valence-corrected chi connectivity index (χ3v) is 7.81. The summed E-state index contributed by atoms with van der Waals surface area (Å²) >= 11 is 0. The number of nitrogen functional groups attached to an aromatic ring is 1. The second-order valence-corrected chi connectivity index (χ2v) is 10.7.